The number of carbonyl (C=O) groups excluding carboxylic acids is 3. The topological polar surface area (TPSA) is 84.9 Å². The summed E-state index contributed by atoms with van der Waals surface area (Å²) in [5.74, 6) is -0.851. The van der Waals surface area contributed by atoms with Gasteiger partial charge in [-0.3, -0.25) is 14.4 Å². The van der Waals surface area contributed by atoms with Crippen LogP contribution in [-0.4, -0.2) is 55.0 Å². The zero-order valence-electron chi connectivity index (χ0n) is 19.2. The van der Waals surface area contributed by atoms with Gasteiger partial charge in [0, 0.05) is 17.6 Å². The van der Waals surface area contributed by atoms with Crippen molar-refractivity contribution in [2.75, 3.05) is 26.3 Å². The van der Waals surface area contributed by atoms with Gasteiger partial charge in [-0.25, -0.2) is 0 Å². The predicted molar refractivity (Wildman–Crippen MR) is 131 cm³/mol. The van der Waals surface area contributed by atoms with Gasteiger partial charge in [0.15, 0.2) is 6.61 Å². The van der Waals surface area contributed by atoms with E-state index in [2.05, 4.69) is 28.2 Å². The highest BCUT2D eigenvalue weighted by atomic mass is 79.9. The van der Waals surface area contributed by atoms with Gasteiger partial charge in [0.05, 0.1) is 18.1 Å². The molecule has 1 fully saturated rings. The minimum atomic E-state index is -0.902. The molecule has 9 heteroatoms. The number of amides is 2. The van der Waals surface area contributed by atoms with E-state index in [4.69, 9.17) is 21.1 Å². The summed E-state index contributed by atoms with van der Waals surface area (Å²) in [7, 11) is 0. The van der Waals surface area contributed by atoms with Crippen LogP contribution in [0.2, 0.25) is 5.02 Å². The number of rotatable bonds is 14. The summed E-state index contributed by atoms with van der Waals surface area (Å²) in [6, 6.07) is 4.18. The van der Waals surface area contributed by atoms with Crippen molar-refractivity contribution in [3.8, 4) is 5.75 Å². The van der Waals surface area contributed by atoms with Crippen molar-refractivity contribution in [3.63, 3.8) is 0 Å². The fraction of sp³-hybridized carbons (Fsp3) is 0.625. The summed E-state index contributed by atoms with van der Waals surface area (Å²) in [5, 5.41) is 3.08. The maximum atomic E-state index is 12.7. The van der Waals surface area contributed by atoms with Crippen LogP contribution in [0.25, 0.3) is 0 Å². The molecule has 7 nitrogen and oxygen atoms in total. The minimum absolute atomic E-state index is 0.173. The Morgan fingerprint density at radius 3 is 2.55 bits per heavy atom. The molecular weight excluding hydrogens is 512 g/mol. The Morgan fingerprint density at radius 1 is 1.15 bits per heavy atom. The molecule has 0 saturated carbocycles. The van der Waals surface area contributed by atoms with Gasteiger partial charge in [-0.15, -0.1) is 0 Å². The van der Waals surface area contributed by atoms with Crippen LogP contribution in [0.5, 0.6) is 5.75 Å². The molecule has 2 rings (SSSR count). The van der Waals surface area contributed by atoms with Crippen LogP contribution >= 0.6 is 27.5 Å². The standard InChI is InChI=1S/C24H34BrClN2O5/c1-2-3-4-5-6-7-8-9-14-32-23(30)16-20-24(31)27-12-13-28(20)22(29)17-33-21-11-10-18(25)15-19(21)26/h10-11,15,20H,2-9,12-14,16-17H2,1H3,(H,27,31). The van der Waals surface area contributed by atoms with E-state index in [9.17, 15) is 14.4 Å². The second kappa shape index (κ2) is 15.2. The maximum Gasteiger partial charge on any atom is 0.308 e. The molecule has 1 unspecified atom stereocenters. The summed E-state index contributed by atoms with van der Waals surface area (Å²) in [6.45, 7) is 2.89. The SMILES string of the molecule is CCCCCCCCCCOC(=O)CC1C(=O)NCCN1C(=O)COc1ccc(Br)cc1Cl. The van der Waals surface area contributed by atoms with Gasteiger partial charge in [0.2, 0.25) is 5.91 Å². The lowest BCUT2D eigenvalue weighted by molar-refractivity contribution is -0.152. The molecule has 1 heterocycles. The fourth-order valence-electron chi connectivity index (χ4n) is 3.67. The third-order valence-corrected chi connectivity index (χ3v) is 6.31. The van der Waals surface area contributed by atoms with Crippen molar-refractivity contribution >= 4 is 45.3 Å². The number of benzene rings is 1. The lowest BCUT2D eigenvalue weighted by Gasteiger charge is -2.34. The lowest BCUT2D eigenvalue weighted by atomic mass is 10.1. The first-order chi connectivity index (χ1) is 15.9. The molecule has 33 heavy (non-hydrogen) atoms. The quantitative estimate of drug-likeness (QED) is 0.266. The second-order valence-corrected chi connectivity index (χ2v) is 9.48. The maximum absolute atomic E-state index is 12.7. The van der Waals surface area contributed by atoms with E-state index in [0.29, 0.717) is 30.5 Å². The van der Waals surface area contributed by atoms with E-state index in [1.807, 2.05) is 0 Å². The van der Waals surface area contributed by atoms with Crippen LogP contribution < -0.4 is 10.1 Å². The molecule has 0 spiro atoms. The van der Waals surface area contributed by atoms with E-state index < -0.39 is 12.0 Å². The van der Waals surface area contributed by atoms with Crippen molar-refractivity contribution in [3.05, 3.63) is 27.7 Å². The Kier molecular flexibility index (Phi) is 12.6. The number of nitrogens with zero attached hydrogens (tertiary/aromatic N) is 1. The molecule has 1 atom stereocenters. The molecule has 1 aromatic rings. The van der Waals surface area contributed by atoms with Crippen molar-refractivity contribution < 1.29 is 23.9 Å². The van der Waals surface area contributed by atoms with Gasteiger partial charge in [-0.2, -0.15) is 0 Å². The Hall–Kier alpha value is -1.80. The zero-order chi connectivity index (χ0) is 24.1. The molecule has 1 aliphatic rings. The number of hydrogen-bond donors (Lipinski definition) is 1. The highest BCUT2D eigenvalue weighted by Gasteiger charge is 2.35. The number of carbonyl (C=O) groups is 3. The average Bonchev–Trinajstić information content (AvgIpc) is 2.78. The third kappa shape index (κ3) is 9.92. The van der Waals surface area contributed by atoms with E-state index in [-0.39, 0.29) is 24.8 Å². The van der Waals surface area contributed by atoms with Crippen LogP contribution in [0.4, 0.5) is 0 Å². The number of hydrogen-bond acceptors (Lipinski definition) is 5. The van der Waals surface area contributed by atoms with Crippen LogP contribution in [-0.2, 0) is 19.1 Å². The molecule has 0 aliphatic carbocycles. The summed E-state index contributed by atoms with van der Waals surface area (Å²) in [5.41, 5.74) is 0. The van der Waals surface area contributed by atoms with Crippen molar-refractivity contribution in [2.24, 2.45) is 0 Å². The summed E-state index contributed by atoms with van der Waals surface area (Å²) in [4.78, 5) is 38.8. The summed E-state index contributed by atoms with van der Waals surface area (Å²) >= 11 is 9.44. The average molecular weight is 546 g/mol. The first-order valence-electron chi connectivity index (χ1n) is 11.7. The highest BCUT2D eigenvalue weighted by molar-refractivity contribution is 9.10. The second-order valence-electron chi connectivity index (χ2n) is 8.16. The smallest absolute Gasteiger partial charge is 0.308 e. The van der Waals surface area contributed by atoms with Gasteiger partial charge < -0.3 is 19.7 Å². The van der Waals surface area contributed by atoms with Gasteiger partial charge in [-0.1, -0.05) is 79.4 Å². The van der Waals surface area contributed by atoms with Crippen molar-refractivity contribution in [1.82, 2.24) is 10.2 Å². The molecule has 0 radical (unpaired) electrons. The third-order valence-electron chi connectivity index (χ3n) is 5.52. The largest absolute Gasteiger partial charge is 0.482 e. The normalized spacial score (nSPS) is 15.8. The molecule has 1 N–H and O–H groups in total. The Morgan fingerprint density at radius 2 is 1.85 bits per heavy atom. The Bertz CT molecular complexity index is 792. The number of piperazine rings is 1. The van der Waals surface area contributed by atoms with E-state index in [0.717, 1.165) is 23.7 Å². The first-order valence-corrected chi connectivity index (χ1v) is 12.9. The molecule has 1 saturated heterocycles. The van der Waals surface area contributed by atoms with Gasteiger partial charge in [0.25, 0.3) is 5.91 Å². The van der Waals surface area contributed by atoms with Crippen LogP contribution in [0.3, 0.4) is 0 Å². The number of ether oxygens (including phenoxy) is 2. The van der Waals surface area contributed by atoms with Gasteiger partial charge in [0.1, 0.15) is 11.8 Å². The molecular formula is C24H34BrClN2O5. The van der Waals surface area contributed by atoms with E-state index >= 15 is 0 Å². The first kappa shape index (κ1) is 27.4. The lowest BCUT2D eigenvalue weighted by Crippen LogP contribution is -2.58. The highest BCUT2D eigenvalue weighted by Crippen LogP contribution is 2.27. The van der Waals surface area contributed by atoms with Crippen molar-refractivity contribution in [1.29, 1.82) is 0 Å². The van der Waals surface area contributed by atoms with Crippen LogP contribution in [0.15, 0.2) is 22.7 Å². The molecule has 0 bridgehead atoms. The number of halogens is 2. The van der Waals surface area contributed by atoms with E-state index in [1.54, 1.807) is 18.2 Å². The number of nitrogens with one attached hydrogen (secondary N) is 1. The fourth-order valence-corrected chi connectivity index (χ4v) is 4.40. The molecule has 184 valence electrons. The summed E-state index contributed by atoms with van der Waals surface area (Å²) < 4.78 is 11.6. The molecule has 1 aromatic carbocycles. The summed E-state index contributed by atoms with van der Waals surface area (Å²) in [6.07, 6.45) is 9.06. The monoisotopic (exact) mass is 544 g/mol. The van der Waals surface area contributed by atoms with E-state index in [1.165, 1.54) is 37.0 Å². The van der Waals surface area contributed by atoms with Crippen LogP contribution in [0, 0.1) is 0 Å². The zero-order valence-corrected chi connectivity index (χ0v) is 21.6. The van der Waals surface area contributed by atoms with Crippen molar-refractivity contribution in [2.45, 2.75) is 70.8 Å². The number of esters is 1. The minimum Gasteiger partial charge on any atom is -0.482 e. The molecule has 1 aliphatic heterocycles. The molecule has 0 aromatic heterocycles. The Labute approximate surface area is 209 Å². The van der Waals surface area contributed by atoms with Gasteiger partial charge >= 0.3 is 5.97 Å². The number of unbranched alkanes of at least 4 members (excludes halogenated alkanes) is 7. The molecule has 2 amide bonds. The Balaban J connectivity index is 1.75. The predicted octanol–water partition coefficient (Wildman–Crippen LogP) is 4.88. The van der Waals surface area contributed by atoms with Crippen LogP contribution in [0.1, 0.15) is 64.7 Å². The van der Waals surface area contributed by atoms with Gasteiger partial charge in [-0.05, 0) is 24.6 Å².